The van der Waals surface area contributed by atoms with Crippen LogP contribution in [-0.2, 0) is 11.3 Å². The van der Waals surface area contributed by atoms with Crippen LogP contribution < -0.4 is 5.32 Å². The van der Waals surface area contributed by atoms with Crippen molar-refractivity contribution in [3.05, 3.63) is 77.2 Å². The Kier molecular flexibility index (Phi) is 5.20. The lowest BCUT2D eigenvalue weighted by atomic mass is 10.1. The Hall–Kier alpha value is -3.72. The molecule has 2 aromatic carbocycles. The lowest BCUT2D eigenvalue weighted by molar-refractivity contribution is 0.102. The molecule has 2 aromatic heterocycles. The number of amides is 1. The van der Waals surface area contributed by atoms with Gasteiger partial charge in [-0.3, -0.25) is 4.79 Å². The normalized spacial score (nSPS) is 11.1. The van der Waals surface area contributed by atoms with E-state index in [-0.39, 0.29) is 18.1 Å². The molecular formula is C21H17F2N5O2. The first-order valence-corrected chi connectivity index (χ1v) is 9.04. The molecule has 1 amide bonds. The number of fused-ring (bicyclic) bond motifs is 1. The lowest BCUT2D eigenvalue weighted by Crippen LogP contribution is -2.18. The van der Waals surface area contributed by atoms with E-state index in [9.17, 15) is 13.6 Å². The molecule has 1 N–H and O–H groups in total. The molecule has 2 heterocycles. The van der Waals surface area contributed by atoms with Crippen molar-refractivity contribution in [1.29, 1.82) is 0 Å². The number of benzene rings is 2. The highest BCUT2D eigenvalue weighted by molar-refractivity contribution is 6.03. The second-order valence-electron chi connectivity index (χ2n) is 6.59. The topological polar surface area (TPSA) is 81.4 Å². The molecular weight excluding hydrogens is 392 g/mol. The number of nitrogens with one attached hydrogen (secondary N) is 1. The van der Waals surface area contributed by atoms with Crippen molar-refractivity contribution in [2.45, 2.75) is 13.5 Å². The molecule has 0 fully saturated rings. The Morgan fingerprint density at radius 1 is 1.03 bits per heavy atom. The molecule has 7 nitrogen and oxygen atoms in total. The Morgan fingerprint density at radius 3 is 2.30 bits per heavy atom. The maximum Gasteiger partial charge on any atom is 0.278 e. The monoisotopic (exact) mass is 409 g/mol. The summed E-state index contributed by atoms with van der Waals surface area (Å²) in [6, 6.07) is 11.3. The van der Waals surface area contributed by atoms with Crippen LogP contribution in [0.15, 0.2) is 48.5 Å². The first kappa shape index (κ1) is 19.6. The van der Waals surface area contributed by atoms with Crippen LogP contribution in [0.4, 0.5) is 14.5 Å². The molecule has 0 aliphatic rings. The molecule has 4 aromatic rings. The number of nitrogens with zero attached hydrogens (tertiary/aromatic N) is 4. The third-order valence-electron chi connectivity index (χ3n) is 4.57. The highest BCUT2D eigenvalue weighted by Gasteiger charge is 2.22. The number of hydrogen-bond acceptors (Lipinski definition) is 5. The number of halogens is 2. The minimum absolute atomic E-state index is 0.0731. The third kappa shape index (κ3) is 3.62. The van der Waals surface area contributed by atoms with Gasteiger partial charge in [-0.25, -0.2) is 13.3 Å². The summed E-state index contributed by atoms with van der Waals surface area (Å²) in [6.07, 6.45) is 0. The van der Waals surface area contributed by atoms with Gasteiger partial charge < -0.3 is 10.1 Å². The van der Waals surface area contributed by atoms with Crippen LogP contribution >= 0.6 is 0 Å². The van der Waals surface area contributed by atoms with Gasteiger partial charge in [0.15, 0.2) is 11.3 Å². The third-order valence-corrected chi connectivity index (χ3v) is 4.57. The van der Waals surface area contributed by atoms with Crippen molar-refractivity contribution >= 4 is 17.2 Å². The number of aryl methyl sites for hydroxylation is 1. The second kappa shape index (κ2) is 7.96. The number of carbonyl (C=O) groups is 1. The van der Waals surface area contributed by atoms with Gasteiger partial charge in [0.25, 0.3) is 5.91 Å². The molecule has 0 spiro atoms. The van der Waals surface area contributed by atoms with Crippen molar-refractivity contribution < 1.29 is 18.3 Å². The number of anilines is 1. The number of aromatic nitrogens is 4. The number of hydrogen-bond donors (Lipinski definition) is 1. The summed E-state index contributed by atoms with van der Waals surface area (Å²) in [4.78, 5) is 12.7. The van der Waals surface area contributed by atoms with E-state index in [0.717, 1.165) is 0 Å². The smallest absolute Gasteiger partial charge is 0.278 e. The molecule has 0 atom stereocenters. The van der Waals surface area contributed by atoms with Gasteiger partial charge in [-0.2, -0.15) is 5.10 Å². The van der Waals surface area contributed by atoms with E-state index in [1.807, 2.05) is 0 Å². The van der Waals surface area contributed by atoms with Gasteiger partial charge in [0, 0.05) is 12.8 Å². The van der Waals surface area contributed by atoms with E-state index in [0.29, 0.717) is 33.8 Å². The van der Waals surface area contributed by atoms with Crippen molar-refractivity contribution in [3.8, 4) is 11.1 Å². The van der Waals surface area contributed by atoms with E-state index in [1.165, 1.54) is 40.9 Å². The zero-order valence-electron chi connectivity index (χ0n) is 16.2. The van der Waals surface area contributed by atoms with Gasteiger partial charge in [-0.1, -0.05) is 12.1 Å². The first-order chi connectivity index (χ1) is 14.5. The molecule has 0 saturated heterocycles. The summed E-state index contributed by atoms with van der Waals surface area (Å²) in [6.45, 7) is 1.89. The van der Waals surface area contributed by atoms with Crippen LogP contribution in [0.3, 0.4) is 0 Å². The molecule has 152 valence electrons. The first-order valence-electron chi connectivity index (χ1n) is 9.04. The summed E-state index contributed by atoms with van der Waals surface area (Å²) < 4.78 is 33.2. The van der Waals surface area contributed by atoms with Gasteiger partial charge in [0.05, 0.1) is 23.6 Å². The zero-order valence-corrected chi connectivity index (χ0v) is 16.2. The molecule has 0 bridgehead atoms. The lowest BCUT2D eigenvalue weighted by Gasteiger charge is -2.08. The number of methoxy groups -OCH3 is 1. The van der Waals surface area contributed by atoms with Crippen molar-refractivity contribution in [1.82, 2.24) is 19.8 Å². The number of ether oxygens (including phenoxy) is 1. The van der Waals surface area contributed by atoms with Gasteiger partial charge in [0.2, 0.25) is 0 Å². The van der Waals surface area contributed by atoms with Crippen LogP contribution in [0, 0.1) is 18.6 Å². The number of rotatable bonds is 5. The summed E-state index contributed by atoms with van der Waals surface area (Å²) in [5.41, 5.74) is 3.32. The van der Waals surface area contributed by atoms with Gasteiger partial charge in [-0.15, -0.1) is 10.2 Å². The zero-order chi connectivity index (χ0) is 21.3. The predicted molar refractivity (Wildman–Crippen MR) is 106 cm³/mol. The summed E-state index contributed by atoms with van der Waals surface area (Å²) in [7, 11) is 1.54. The van der Waals surface area contributed by atoms with Crippen LogP contribution in [-0.4, -0.2) is 32.8 Å². The summed E-state index contributed by atoms with van der Waals surface area (Å²) in [5, 5.41) is 15.5. The second-order valence-corrected chi connectivity index (χ2v) is 6.59. The predicted octanol–water partition coefficient (Wildman–Crippen LogP) is 3.78. The Labute approximate surface area is 170 Å². The quantitative estimate of drug-likeness (QED) is 0.543. The standard InChI is InChI=1S/C21H17F2N5O2/c1-12-19(21(29)24-16-9-7-15(23)8-10-16)25-26-20-18(13-3-5-14(22)6-4-13)17(11-30-2)27-28(12)20/h3-10H,11H2,1-2H3,(H,24,29). The Balaban J connectivity index is 1.77. The van der Waals surface area contributed by atoms with Crippen LogP contribution in [0.5, 0.6) is 0 Å². The van der Waals surface area contributed by atoms with Crippen molar-refractivity contribution in [3.63, 3.8) is 0 Å². The van der Waals surface area contributed by atoms with E-state index in [2.05, 4.69) is 20.6 Å². The molecule has 30 heavy (non-hydrogen) atoms. The van der Waals surface area contributed by atoms with Gasteiger partial charge in [-0.05, 0) is 48.9 Å². The minimum atomic E-state index is -0.499. The molecule has 0 unspecified atom stereocenters. The van der Waals surface area contributed by atoms with Crippen molar-refractivity contribution in [2.24, 2.45) is 0 Å². The van der Waals surface area contributed by atoms with Crippen LogP contribution in [0.1, 0.15) is 21.9 Å². The van der Waals surface area contributed by atoms with E-state index >= 15 is 0 Å². The molecule has 0 aliphatic heterocycles. The maximum atomic E-state index is 13.4. The summed E-state index contributed by atoms with van der Waals surface area (Å²) >= 11 is 0. The van der Waals surface area contributed by atoms with E-state index in [4.69, 9.17) is 4.74 Å². The van der Waals surface area contributed by atoms with Gasteiger partial charge in [0.1, 0.15) is 11.6 Å². The fraction of sp³-hybridized carbons (Fsp3) is 0.143. The Bertz CT molecular complexity index is 1220. The minimum Gasteiger partial charge on any atom is -0.378 e. The SMILES string of the molecule is COCc1nn2c(C)c(C(=O)Nc3ccc(F)cc3)nnc2c1-c1ccc(F)cc1. The van der Waals surface area contributed by atoms with E-state index < -0.39 is 11.7 Å². The molecule has 0 saturated carbocycles. The summed E-state index contributed by atoms with van der Waals surface area (Å²) in [5.74, 6) is -1.26. The largest absolute Gasteiger partial charge is 0.378 e. The molecule has 0 radical (unpaired) electrons. The number of carbonyl (C=O) groups excluding carboxylic acids is 1. The van der Waals surface area contributed by atoms with Crippen molar-refractivity contribution in [2.75, 3.05) is 12.4 Å². The van der Waals surface area contributed by atoms with Gasteiger partial charge >= 0.3 is 0 Å². The highest BCUT2D eigenvalue weighted by Crippen LogP contribution is 2.29. The van der Waals surface area contributed by atoms with Crippen LogP contribution in [0.25, 0.3) is 16.8 Å². The Morgan fingerprint density at radius 2 is 1.67 bits per heavy atom. The average molecular weight is 409 g/mol. The molecule has 9 heteroatoms. The van der Waals surface area contributed by atoms with E-state index in [1.54, 1.807) is 26.2 Å². The fourth-order valence-electron chi connectivity index (χ4n) is 3.13. The average Bonchev–Trinajstić information content (AvgIpc) is 3.10. The molecule has 4 rings (SSSR count). The highest BCUT2D eigenvalue weighted by atomic mass is 19.1. The fourth-order valence-corrected chi connectivity index (χ4v) is 3.13. The van der Waals surface area contributed by atoms with Crippen LogP contribution in [0.2, 0.25) is 0 Å². The maximum absolute atomic E-state index is 13.4. The molecule has 0 aliphatic carbocycles.